The maximum Gasteiger partial charge on any atom is 0.266 e. The van der Waals surface area contributed by atoms with Crippen molar-refractivity contribution in [2.45, 2.75) is 37.8 Å². The van der Waals surface area contributed by atoms with E-state index in [0.29, 0.717) is 5.82 Å². The SMILES string of the molecule is CC(C)Oc1ccc2c(c1)c(-c1ccnc(N3CCC(F)(F)C3)c1)nn2C(c1ccccc1)(c1ccccc1)c1ccccc1. The van der Waals surface area contributed by atoms with Gasteiger partial charge in [-0.05, 0) is 60.9 Å². The fraction of sp³-hybridized carbons (Fsp3) is 0.211. The lowest BCUT2D eigenvalue weighted by molar-refractivity contribution is 0.0256. The third-order valence-corrected chi connectivity index (χ3v) is 8.43. The number of fused-ring (bicyclic) bond motifs is 1. The van der Waals surface area contributed by atoms with E-state index in [2.05, 4.69) is 88.5 Å². The molecule has 0 bridgehead atoms. The van der Waals surface area contributed by atoms with Gasteiger partial charge in [-0.25, -0.2) is 18.4 Å². The number of aromatic nitrogens is 3. The molecular formula is C38H34F2N4O. The summed E-state index contributed by atoms with van der Waals surface area (Å²) in [5.41, 5.74) is 4.74. The Bertz CT molecular complexity index is 1830. The molecule has 0 saturated carbocycles. The highest BCUT2D eigenvalue weighted by molar-refractivity contribution is 5.95. The van der Waals surface area contributed by atoms with Crippen LogP contribution in [0.4, 0.5) is 14.6 Å². The zero-order chi connectivity index (χ0) is 31.0. The number of ether oxygens (including phenoxy) is 1. The van der Waals surface area contributed by atoms with Crippen molar-refractivity contribution in [3.8, 4) is 17.0 Å². The summed E-state index contributed by atoms with van der Waals surface area (Å²) in [6.07, 6.45) is 1.49. The summed E-state index contributed by atoms with van der Waals surface area (Å²) in [5, 5.41) is 6.34. The molecule has 1 aliphatic heterocycles. The molecule has 0 atom stereocenters. The molecule has 1 aliphatic rings. The Labute approximate surface area is 261 Å². The number of rotatable bonds is 8. The van der Waals surface area contributed by atoms with Gasteiger partial charge in [0.25, 0.3) is 5.92 Å². The summed E-state index contributed by atoms with van der Waals surface area (Å²) in [5.74, 6) is -1.48. The first-order chi connectivity index (χ1) is 21.8. The summed E-state index contributed by atoms with van der Waals surface area (Å²) >= 11 is 0. The molecule has 5 nitrogen and oxygen atoms in total. The zero-order valence-corrected chi connectivity index (χ0v) is 25.3. The monoisotopic (exact) mass is 600 g/mol. The number of anilines is 1. The van der Waals surface area contributed by atoms with Gasteiger partial charge in [0.05, 0.1) is 18.2 Å². The first-order valence-electron chi connectivity index (χ1n) is 15.3. The van der Waals surface area contributed by atoms with Crippen molar-refractivity contribution >= 4 is 16.7 Å². The number of benzene rings is 4. The van der Waals surface area contributed by atoms with Crippen molar-refractivity contribution in [3.05, 3.63) is 144 Å². The van der Waals surface area contributed by atoms with E-state index in [9.17, 15) is 8.78 Å². The Kier molecular flexibility index (Phi) is 7.32. The lowest BCUT2D eigenvalue weighted by atomic mass is 9.77. The molecule has 0 N–H and O–H groups in total. The molecule has 7 rings (SSSR count). The number of halogens is 2. The van der Waals surface area contributed by atoms with Crippen LogP contribution in [0, 0.1) is 0 Å². The Morgan fingerprint density at radius 3 is 1.91 bits per heavy atom. The van der Waals surface area contributed by atoms with E-state index in [1.54, 1.807) is 11.1 Å². The van der Waals surface area contributed by atoms with E-state index >= 15 is 0 Å². The van der Waals surface area contributed by atoms with Crippen molar-refractivity contribution in [3.63, 3.8) is 0 Å². The topological polar surface area (TPSA) is 43.2 Å². The van der Waals surface area contributed by atoms with Gasteiger partial charge in [-0.2, -0.15) is 5.10 Å². The van der Waals surface area contributed by atoms with Crippen LogP contribution in [0.2, 0.25) is 0 Å². The predicted molar refractivity (Wildman–Crippen MR) is 175 cm³/mol. The van der Waals surface area contributed by atoms with Gasteiger partial charge in [-0.3, -0.25) is 0 Å². The van der Waals surface area contributed by atoms with Crippen LogP contribution >= 0.6 is 0 Å². The molecule has 0 spiro atoms. The van der Waals surface area contributed by atoms with Gasteiger partial charge in [-0.15, -0.1) is 0 Å². The maximum absolute atomic E-state index is 14.2. The van der Waals surface area contributed by atoms with Crippen molar-refractivity contribution in [1.82, 2.24) is 14.8 Å². The highest BCUT2D eigenvalue weighted by atomic mass is 19.3. The van der Waals surface area contributed by atoms with Gasteiger partial charge >= 0.3 is 0 Å². The van der Waals surface area contributed by atoms with Gasteiger partial charge < -0.3 is 9.64 Å². The van der Waals surface area contributed by atoms with Gasteiger partial charge in [0.1, 0.15) is 22.8 Å². The third-order valence-electron chi connectivity index (χ3n) is 8.43. The summed E-state index contributed by atoms with van der Waals surface area (Å²) < 4.78 is 36.6. The highest BCUT2D eigenvalue weighted by Crippen LogP contribution is 2.45. The van der Waals surface area contributed by atoms with Crippen LogP contribution in [0.3, 0.4) is 0 Å². The molecule has 45 heavy (non-hydrogen) atoms. The molecule has 1 fully saturated rings. The maximum atomic E-state index is 14.2. The quantitative estimate of drug-likeness (QED) is 0.164. The van der Waals surface area contributed by atoms with Crippen LogP contribution in [0.1, 0.15) is 37.0 Å². The highest BCUT2D eigenvalue weighted by Gasteiger charge is 2.41. The van der Waals surface area contributed by atoms with Crippen molar-refractivity contribution in [2.75, 3.05) is 18.0 Å². The van der Waals surface area contributed by atoms with Crippen LogP contribution in [-0.4, -0.2) is 39.9 Å². The Morgan fingerprint density at radius 1 is 0.778 bits per heavy atom. The first-order valence-corrected chi connectivity index (χ1v) is 15.3. The average molecular weight is 601 g/mol. The fourth-order valence-corrected chi connectivity index (χ4v) is 6.49. The average Bonchev–Trinajstić information content (AvgIpc) is 3.63. The second-order valence-corrected chi connectivity index (χ2v) is 11.8. The molecule has 226 valence electrons. The van der Waals surface area contributed by atoms with E-state index in [1.807, 2.05) is 56.3 Å². The smallest absolute Gasteiger partial charge is 0.266 e. The zero-order valence-electron chi connectivity index (χ0n) is 25.3. The number of alkyl halides is 2. The molecular weight excluding hydrogens is 566 g/mol. The van der Waals surface area contributed by atoms with E-state index in [1.165, 1.54) is 0 Å². The van der Waals surface area contributed by atoms with Crippen molar-refractivity contribution in [1.29, 1.82) is 0 Å². The standard InChI is InChI=1S/C38H34F2N4O/c1-27(2)45-32-18-19-34-33(25-32)36(28-20-22-41-35(24-28)43-23-21-37(39,40)26-43)42-44(34)38(29-12-6-3-7-13-29,30-14-8-4-9-15-30)31-16-10-5-11-17-31/h3-20,22,24-25,27H,21,23,26H2,1-2H3. The minimum atomic E-state index is -2.73. The van der Waals surface area contributed by atoms with Crippen LogP contribution in [0.15, 0.2) is 128 Å². The minimum absolute atomic E-state index is 0.0117. The first kappa shape index (κ1) is 28.7. The summed E-state index contributed by atoms with van der Waals surface area (Å²) in [6.45, 7) is 3.91. The molecule has 0 aliphatic carbocycles. The summed E-state index contributed by atoms with van der Waals surface area (Å²) in [6, 6.07) is 41.1. The summed E-state index contributed by atoms with van der Waals surface area (Å²) in [4.78, 5) is 6.13. The third kappa shape index (κ3) is 5.22. The second-order valence-electron chi connectivity index (χ2n) is 11.8. The van der Waals surface area contributed by atoms with Crippen LogP contribution in [-0.2, 0) is 5.54 Å². The number of nitrogens with zero attached hydrogens (tertiary/aromatic N) is 4. The molecule has 1 saturated heterocycles. The Morgan fingerprint density at radius 2 is 1.38 bits per heavy atom. The van der Waals surface area contributed by atoms with E-state index in [4.69, 9.17) is 9.84 Å². The van der Waals surface area contributed by atoms with Crippen LogP contribution < -0.4 is 9.64 Å². The van der Waals surface area contributed by atoms with Gasteiger partial charge in [0.2, 0.25) is 0 Å². The van der Waals surface area contributed by atoms with E-state index in [0.717, 1.165) is 44.6 Å². The van der Waals surface area contributed by atoms with Crippen LogP contribution in [0.25, 0.3) is 22.2 Å². The van der Waals surface area contributed by atoms with Gasteiger partial charge in [-0.1, -0.05) is 91.0 Å². The fourth-order valence-electron chi connectivity index (χ4n) is 6.49. The largest absolute Gasteiger partial charge is 0.491 e. The Balaban J connectivity index is 1.53. The Hall–Kier alpha value is -5.04. The number of hydrogen-bond donors (Lipinski definition) is 0. The van der Waals surface area contributed by atoms with Gasteiger partial charge in [0.15, 0.2) is 0 Å². The molecule has 2 aromatic heterocycles. The molecule has 0 amide bonds. The molecule has 0 unspecified atom stereocenters. The predicted octanol–water partition coefficient (Wildman–Crippen LogP) is 8.57. The minimum Gasteiger partial charge on any atom is -0.491 e. The summed E-state index contributed by atoms with van der Waals surface area (Å²) in [7, 11) is 0. The van der Waals surface area contributed by atoms with Crippen molar-refractivity contribution in [2.24, 2.45) is 0 Å². The van der Waals surface area contributed by atoms with Gasteiger partial charge in [0, 0.05) is 30.1 Å². The van der Waals surface area contributed by atoms with E-state index in [-0.39, 0.29) is 25.6 Å². The molecule has 3 heterocycles. The lowest BCUT2D eigenvalue weighted by Crippen LogP contribution is -2.38. The number of hydrogen-bond acceptors (Lipinski definition) is 4. The molecule has 0 radical (unpaired) electrons. The molecule has 7 heteroatoms. The molecule has 6 aromatic rings. The van der Waals surface area contributed by atoms with Crippen LogP contribution in [0.5, 0.6) is 5.75 Å². The van der Waals surface area contributed by atoms with E-state index < -0.39 is 11.5 Å². The number of pyridine rings is 1. The second kappa shape index (κ2) is 11.5. The lowest BCUT2D eigenvalue weighted by Gasteiger charge is -2.37. The molecule has 4 aromatic carbocycles. The normalized spacial score (nSPS) is 14.7. The van der Waals surface area contributed by atoms with Crippen molar-refractivity contribution < 1.29 is 13.5 Å².